The highest BCUT2D eigenvalue weighted by atomic mass is 16.2. The number of carbonyl (C=O) groups excluding carboxylic acids is 1. The molecule has 0 fully saturated rings. The second-order valence-corrected chi connectivity index (χ2v) is 5.57. The van der Waals surface area contributed by atoms with E-state index in [4.69, 9.17) is 0 Å². The summed E-state index contributed by atoms with van der Waals surface area (Å²) in [5.41, 5.74) is 2.27. The molecule has 22 heavy (non-hydrogen) atoms. The number of nitrogens with one attached hydrogen (secondary N) is 2. The molecule has 5 nitrogen and oxygen atoms in total. The van der Waals surface area contributed by atoms with Crippen molar-refractivity contribution in [2.24, 2.45) is 4.99 Å². The highest BCUT2D eigenvalue weighted by molar-refractivity contribution is 5.98. The maximum absolute atomic E-state index is 12.4. The molecule has 1 aromatic rings. The van der Waals surface area contributed by atoms with Crippen LogP contribution in [0, 0.1) is 0 Å². The fourth-order valence-corrected chi connectivity index (χ4v) is 2.48. The van der Waals surface area contributed by atoms with E-state index in [0.717, 1.165) is 31.6 Å². The van der Waals surface area contributed by atoms with Crippen molar-refractivity contribution in [3.63, 3.8) is 0 Å². The van der Waals surface area contributed by atoms with Crippen molar-refractivity contribution in [3.8, 4) is 0 Å². The smallest absolute Gasteiger partial charge is 0.248 e. The van der Waals surface area contributed by atoms with Crippen LogP contribution < -0.4 is 15.5 Å². The summed E-state index contributed by atoms with van der Waals surface area (Å²) in [4.78, 5) is 18.7. The maximum Gasteiger partial charge on any atom is 0.248 e. The number of rotatable bonds is 5. The Kier molecular flexibility index (Phi) is 5.81. The molecule has 5 heteroatoms. The van der Waals surface area contributed by atoms with Gasteiger partial charge in [-0.05, 0) is 38.3 Å². The Hall–Kier alpha value is -2.04. The summed E-state index contributed by atoms with van der Waals surface area (Å²) in [6, 6.07) is 8.42. The number of carbonyl (C=O) groups is 1. The molecule has 1 aromatic carbocycles. The molecule has 1 heterocycles. The third kappa shape index (κ3) is 4.00. The lowest BCUT2D eigenvalue weighted by molar-refractivity contribution is -0.117. The number of nitrogens with zero attached hydrogens (tertiary/aromatic N) is 2. The molecular formula is C17H26N4O. The Bertz CT molecular complexity index is 541. The molecule has 0 saturated carbocycles. The van der Waals surface area contributed by atoms with Crippen LogP contribution in [-0.4, -0.2) is 37.5 Å². The van der Waals surface area contributed by atoms with Gasteiger partial charge >= 0.3 is 0 Å². The average molecular weight is 302 g/mol. The summed E-state index contributed by atoms with van der Waals surface area (Å²) < 4.78 is 0. The van der Waals surface area contributed by atoms with Gasteiger partial charge in [0.15, 0.2) is 5.96 Å². The van der Waals surface area contributed by atoms with Crippen LogP contribution in [0.1, 0.15) is 32.8 Å². The van der Waals surface area contributed by atoms with Gasteiger partial charge in [-0.15, -0.1) is 0 Å². The number of guanidine groups is 1. The van der Waals surface area contributed by atoms with Crippen LogP contribution in [-0.2, 0) is 11.2 Å². The second kappa shape index (κ2) is 7.82. The van der Waals surface area contributed by atoms with Crippen LogP contribution in [0.2, 0.25) is 0 Å². The van der Waals surface area contributed by atoms with Gasteiger partial charge < -0.3 is 15.5 Å². The predicted molar refractivity (Wildman–Crippen MR) is 91.4 cm³/mol. The minimum Gasteiger partial charge on any atom is -0.357 e. The lowest BCUT2D eigenvalue weighted by Crippen LogP contribution is -2.43. The van der Waals surface area contributed by atoms with Crippen LogP contribution in [0.5, 0.6) is 0 Å². The van der Waals surface area contributed by atoms with E-state index in [1.807, 2.05) is 30.0 Å². The summed E-state index contributed by atoms with van der Waals surface area (Å²) in [5, 5.41) is 6.48. The van der Waals surface area contributed by atoms with Gasteiger partial charge in [0.2, 0.25) is 5.91 Å². The molecule has 0 aliphatic carbocycles. The maximum atomic E-state index is 12.4. The number of benzene rings is 1. The third-order valence-corrected chi connectivity index (χ3v) is 3.90. The van der Waals surface area contributed by atoms with Gasteiger partial charge in [0.05, 0.1) is 0 Å². The van der Waals surface area contributed by atoms with E-state index in [9.17, 15) is 4.79 Å². The first-order valence-electron chi connectivity index (χ1n) is 8.08. The first-order valence-corrected chi connectivity index (χ1v) is 8.08. The first kappa shape index (κ1) is 16.3. The third-order valence-electron chi connectivity index (χ3n) is 3.90. The number of hydrogen-bond donors (Lipinski definition) is 2. The molecule has 0 bridgehead atoms. The molecule has 0 aromatic heterocycles. The van der Waals surface area contributed by atoms with E-state index < -0.39 is 0 Å². The highest BCUT2D eigenvalue weighted by Crippen LogP contribution is 2.27. The van der Waals surface area contributed by atoms with Gasteiger partial charge in [-0.25, -0.2) is 4.99 Å². The highest BCUT2D eigenvalue weighted by Gasteiger charge is 2.23. The number of fused-ring (bicyclic) bond motifs is 1. The summed E-state index contributed by atoms with van der Waals surface area (Å²) >= 11 is 0. The molecule has 1 amide bonds. The molecule has 1 unspecified atom stereocenters. The Morgan fingerprint density at radius 2 is 2.14 bits per heavy atom. The summed E-state index contributed by atoms with van der Waals surface area (Å²) in [6.45, 7) is 7.94. The zero-order valence-electron chi connectivity index (χ0n) is 13.7. The van der Waals surface area contributed by atoms with Gasteiger partial charge in [-0.2, -0.15) is 0 Å². The zero-order chi connectivity index (χ0) is 15.9. The van der Waals surface area contributed by atoms with Crippen molar-refractivity contribution < 1.29 is 4.79 Å². The lowest BCUT2D eigenvalue weighted by Gasteiger charge is -2.18. The molecule has 0 radical (unpaired) electrons. The largest absolute Gasteiger partial charge is 0.357 e. The summed E-state index contributed by atoms with van der Waals surface area (Å²) in [6.07, 6.45) is 1.94. The van der Waals surface area contributed by atoms with Gasteiger partial charge in [0.1, 0.15) is 6.54 Å². The number of para-hydroxylation sites is 1. The van der Waals surface area contributed by atoms with E-state index >= 15 is 0 Å². The molecule has 120 valence electrons. The zero-order valence-corrected chi connectivity index (χ0v) is 13.7. The lowest BCUT2D eigenvalue weighted by atomic mass is 10.2. The standard InChI is InChI=1S/C17H26N4O/c1-4-13(3)20-17(18-5-2)19-12-16(22)21-11-10-14-8-6-7-9-15(14)21/h6-9,13H,4-5,10-12H2,1-3H3,(H2,18,19,20). The monoisotopic (exact) mass is 302 g/mol. The van der Waals surface area contributed by atoms with Crippen molar-refractivity contribution in [2.75, 3.05) is 24.5 Å². The minimum absolute atomic E-state index is 0.0475. The molecule has 1 aliphatic heterocycles. The average Bonchev–Trinajstić information content (AvgIpc) is 2.96. The molecule has 1 atom stereocenters. The number of hydrogen-bond acceptors (Lipinski definition) is 2. The van der Waals surface area contributed by atoms with Gasteiger partial charge in [-0.1, -0.05) is 25.1 Å². The summed E-state index contributed by atoms with van der Waals surface area (Å²) in [7, 11) is 0. The fourth-order valence-electron chi connectivity index (χ4n) is 2.48. The van der Waals surface area contributed by atoms with Crippen molar-refractivity contribution in [1.82, 2.24) is 10.6 Å². The van der Waals surface area contributed by atoms with Gasteiger partial charge in [-0.3, -0.25) is 4.79 Å². The van der Waals surface area contributed by atoms with E-state index in [2.05, 4.69) is 35.5 Å². The molecule has 2 rings (SSSR count). The Balaban J connectivity index is 2.00. The molecule has 2 N–H and O–H groups in total. The van der Waals surface area contributed by atoms with E-state index in [1.54, 1.807) is 0 Å². The number of amides is 1. The van der Waals surface area contributed by atoms with Crippen LogP contribution in [0.25, 0.3) is 0 Å². The molecule has 1 aliphatic rings. The van der Waals surface area contributed by atoms with Crippen LogP contribution in [0.3, 0.4) is 0 Å². The second-order valence-electron chi connectivity index (χ2n) is 5.57. The van der Waals surface area contributed by atoms with Crippen molar-refractivity contribution in [3.05, 3.63) is 29.8 Å². The van der Waals surface area contributed by atoms with Crippen molar-refractivity contribution in [1.29, 1.82) is 0 Å². The number of anilines is 1. The van der Waals surface area contributed by atoms with Crippen LogP contribution >= 0.6 is 0 Å². The van der Waals surface area contributed by atoms with Gasteiger partial charge in [0.25, 0.3) is 0 Å². The quantitative estimate of drug-likeness (QED) is 0.645. The summed E-state index contributed by atoms with van der Waals surface area (Å²) in [5.74, 6) is 0.754. The van der Waals surface area contributed by atoms with E-state index in [0.29, 0.717) is 12.0 Å². The van der Waals surface area contributed by atoms with Crippen LogP contribution in [0.15, 0.2) is 29.3 Å². The Labute approximate surface area is 132 Å². The van der Waals surface area contributed by atoms with Crippen LogP contribution in [0.4, 0.5) is 5.69 Å². The topological polar surface area (TPSA) is 56.7 Å². The SMILES string of the molecule is CCNC(=NCC(=O)N1CCc2ccccc21)NC(C)CC. The fraction of sp³-hybridized carbons (Fsp3) is 0.529. The molecular weight excluding hydrogens is 276 g/mol. The normalized spacial score (nSPS) is 15.4. The predicted octanol–water partition coefficient (Wildman–Crippen LogP) is 1.93. The first-order chi connectivity index (χ1) is 10.7. The minimum atomic E-state index is 0.0475. The van der Waals surface area contributed by atoms with E-state index in [-0.39, 0.29) is 12.5 Å². The van der Waals surface area contributed by atoms with Crippen molar-refractivity contribution >= 4 is 17.6 Å². The number of aliphatic imine (C=N–C) groups is 1. The van der Waals surface area contributed by atoms with Crippen molar-refractivity contribution in [2.45, 2.75) is 39.7 Å². The molecule has 0 saturated heterocycles. The van der Waals surface area contributed by atoms with Gasteiger partial charge in [0, 0.05) is 24.8 Å². The van der Waals surface area contributed by atoms with E-state index in [1.165, 1.54) is 5.56 Å². The Morgan fingerprint density at radius 3 is 2.86 bits per heavy atom. The molecule has 0 spiro atoms. The Morgan fingerprint density at radius 1 is 1.36 bits per heavy atom.